The molecule has 0 atom stereocenters. The van der Waals surface area contributed by atoms with Gasteiger partial charge in [-0.25, -0.2) is 4.98 Å². The van der Waals surface area contributed by atoms with Gasteiger partial charge in [-0.15, -0.1) is 0 Å². The largest absolute Gasteiger partial charge is 2.00 e. The molecule has 16 heavy (non-hydrogen) atoms. The number of nitrogens with zero attached hydrogens (tertiary/aromatic N) is 2. The second-order valence-corrected chi connectivity index (χ2v) is 3.45. The average Bonchev–Trinajstić information content (AvgIpc) is 2.29. The van der Waals surface area contributed by atoms with Crippen LogP contribution in [0.15, 0.2) is 42.6 Å². The summed E-state index contributed by atoms with van der Waals surface area (Å²) >= 11 is 0. The van der Waals surface area contributed by atoms with Crippen molar-refractivity contribution in [3.8, 4) is 0 Å². The Kier molecular flexibility index (Phi) is 2.77. The Hall–Kier alpha value is -1.64. The minimum absolute atomic E-state index is 0. The number of fused-ring (bicyclic) bond motifs is 3. The van der Waals surface area contributed by atoms with Crippen LogP contribution in [0, 0.1) is 0 Å². The Morgan fingerprint density at radius 2 is 1.56 bits per heavy atom. The number of aromatic nitrogens is 2. The molecule has 0 spiro atoms. The number of pyridine rings is 2. The van der Waals surface area contributed by atoms with E-state index in [0.29, 0.717) is 5.82 Å². The minimum atomic E-state index is 0. The second kappa shape index (κ2) is 4.08. The molecule has 2 aromatic heterocycles. The van der Waals surface area contributed by atoms with Crippen molar-refractivity contribution >= 4 is 27.6 Å². The molecule has 0 unspecified atom stereocenters. The van der Waals surface area contributed by atoms with Crippen LogP contribution in [-0.2, 0) is 17.1 Å². The summed E-state index contributed by atoms with van der Waals surface area (Å²) in [6, 6.07) is 11.8. The maximum Gasteiger partial charge on any atom is 2.00 e. The van der Waals surface area contributed by atoms with Crippen molar-refractivity contribution in [2.24, 2.45) is 0 Å². The Morgan fingerprint density at radius 3 is 2.38 bits per heavy atom. The van der Waals surface area contributed by atoms with E-state index in [2.05, 4.69) is 9.97 Å². The zero-order valence-electron chi connectivity index (χ0n) is 8.37. The van der Waals surface area contributed by atoms with Gasteiger partial charge in [-0.2, -0.15) is 0 Å². The normalized spacial score (nSPS) is 10.2. The number of benzene rings is 1. The number of rotatable bonds is 0. The number of hydrogen-bond donors (Lipinski definition) is 1. The third-order valence-corrected chi connectivity index (χ3v) is 2.45. The molecule has 3 nitrogen and oxygen atoms in total. The fourth-order valence-corrected chi connectivity index (χ4v) is 1.74. The summed E-state index contributed by atoms with van der Waals surface area (Å²) in [5.74, 6) is 0.528. The first-order valence-corrected chi connectivity index (χ1v) is 4.74. The molecule has 0 aliphatic rings. The third kappa shape index (κ3) is 1.62. The van der Waals surface area contributed by atoms with Gasteiger partial charge in [0.1, 0.15) is 5.82 Å². The van der Waals surface area contributed by atoms with Gasteiger partial charge in [-0.3, -0.25) is 4.98 Å². The van der Waals surface area contributed by atoms with E-state index >= 15 is 0 Å². The monoisotopic (exact) mass is 251 g/mol. The van der Waals surface area contributed by atoms with E-state index in [0.717, 1.165) is 21.8 Å². The van der Waals surface area contributed by atoms with E-state index in [1.807, 2.05) is 30.3 Å². The SMILES string of the molecule is Nc1ccc2ccc3cccnc3c2n1.[Fe+2]. The topological polar surface area (TPSA) is 51.8 Å². The fraction of sp³-hybridized carbons (Fsp3) is 0. The number of hydrogen-bond acceptors (Lipinski definition) is 3. The first kappa shape index (κ1) is 10.9. The van der Waals surface area contributed by atoms with Crippen LogP contribution in [0.3, 0.4) is 0 Å². The van der Waals surface area contributed by atoms with Crippen LogP contribution in [0.5, 0.6) is 0 Å². The molecule has 0 aliphatic carbocycles. The van der Waals surface area contributed by atoms with Crippen molar-refractivity contribution in [2.75, 3.05) is 5.73 Å². The van der Waals surface area contributed by atoms with Crippen LogP contribution in [0.1, 0.15) is 0 Å². The van der Waals surface area contributed by atoms with Crippen LogP contribution in [0.4, 0.5) is 5.82 Å². The molecule has 78 valence electrons. The van der Waals surface area contributed by atoms with E-state index in [1.54, 1.807) is 12.3 Å². The van der Waals surface area contributed by atoms with Crippen molar-refractivity contribution in [3.05, 3.63) is 42.6 Å². The van der Waals surface area contributed by atoms with E-state index in [9.17, 15) is 0 Å². The molecule has 2 N–H and O–H groups in total. The Balaban J connectivity index is 0.000000963. The molecule has 0 saturated carbocycles. The molecule has 3 aromatic rings. The fourth-order valence-electron chi connectivity index (χ4n) is 1.74. The molecule has 1 aromatic carbocycles. The summed E-state index contributed by atoms with van der Waals surface area (Å²) in [6.45, 7) is 0. The molecule has 0 bridgehead atoms. The van der Waals surface area contributed by atoms with Gasteiger partial charge in [-0.05, 0) is 18.2 Å². The number of nitrogen functional groups attached to an aromatic ring is 1. The molecule has 0 amide bonds. The van der Waals surface area contributed by atoms with Gasteiger partial charge in [0.2, 0.25) is 0 Å². The molecule has 0 saturated heterocycles. The van der Waals surface area contributed by atoms with E-state index in [4.69, 9.17) is 5.73 Å². The smallest absolute Gasteiger partial charge is 0.384 e. The minimum Gasteiger partial charge on any atom is -0.384 e. The van der Waals surface area contributed by atoms with Crippen molar-refractivity contribution in [1.82, 2.24) is 9.97 Å². The average molecular weight is 251 g/mol. The van der Waals surface area contributed by atoms with Gasteiger partial charge in [-0.1, -0.05) is 18.2 Å². The zero-order valence-corrected chi connectivity index (χ0v) is 9.47. The van der Waals surface area contributed by atoms with E-state index in [-0.39, 0.29) is 17.1 Å². The zero-order chi connectivity index (χ0) is 10.3. The van der Waals surface area contributed by atoms with E-state index < -0.39 is 0 Å². The summed E-state index contributed by atoms with van der Waals surface area (Å²) in [5.41, 5.74) is 7.45. The van der Waals surface area contributed by atoms with Crippen LogP contribution >= 0.6 is 0 Å². The Morgan fingerprint density at radius 1 is 0.875 bits per heavy atom. The Labute approximate surface area is 103 Å². The van der Waals surface area contributed by atoms with E-state index in [1.165, 1.54) is 0 Å². The predicted octanol–water partition coefficient (Wildman–Crippen LogP) is 2.36. The van der Waals surface area contributed by atoms with Crippen molar-refractivity contribution in [2.45, 2.75) is 0 Å². The van der Waals surface area contributed by atoms with Crippen LogP contribution < -0.4 is 5.73 Å². The van der Waals surface area contributed by atoms with Crippen molar-refractivity contribution in [3.63, 3.8) is 0 Å². The second-order valence-electron chi connectivity index (χ2n) is 3.45. The maximum absolute atomic E-state index is 5.68. The van der Waals surface area contributed by atoms with Crippen LogP contribution in [0.2, 0.25) is 0 Å². The Bertz CT molecular complexity index is 652. The molecule has 0 fully saturated rings. The van der Waals surface area contributed by atoms with Gasteiger partial charge in [0, 0.05) is 17.0 Å². The molecule has 0 aliphatic heterocycles. The quantitative estimate of drug-likeness (QED) is 0.493. The van der Waals surface area contributed by atoms with Crippen LogP contribution in [0.25, 0.3) is 21.8 Å². The van der Waals surface area contributed by atoms with Crippen molar-refractivity contribution in [1.29, 1.82) is 0 Å². The first-order chi connectivity index (χ1) is 7.34. The van der Waals surface area contributed by atoms with Gasteiger partial charge in [0.25, 0.3) is 0 Å². The predicted molar refractivity (Wildman–Crippen MR) is 61.5 cm³/mol. The number of nitrogens with two attached hydrogens (primary N) is 1. The summed E-state index contributed by atoms with van der Waals surface area (Å²) in [4.78, 5) is 8.65. The summed E-state index contributed by atoms with van der Waals surface area (Å²) in [6.07, 6.45) is 1.77. The maximum atomic E-state index is 5.68. The standard InChI is InChI=1S/C12H9N3.Fe/c13-10-6-5-9-4-3-8-2-1-7-14-11(8)12(9)15-10;/h1-7H,(H2,13,15);/q;+2. The summed E-state index contributed by atoms with van der Waals surface area (Å²) in [5, 5.41) is 2.15. The van der Waals surface area contributed by atoms with Gasteiger partial charge in [0.15, 0.2) is 0 Å². The first-order valence-electron chi connectivity index (χ1n) is 4.74. The molecular formula is C12H9FeN3+2. The van der Waals surface area contributed by atoms with Gasteiger partial charge in [0.05, 0.1) is 11.0 Å². The molecule has 3 rings (SSSR count). The molecular weight excluding hydrogens is 242 g/mol. The van der Waals surface area contributed by atoms with Crippen LogP contribution in [-0.4, -0.2) is 9.97 Å². The molecule has 4 heteroatoms. The third-order valence-electron chi connectivity index (χ3n) is 2.45. The van der Waals surface area contributed by atoms with Gasteiger partial charge >= 0.3 is 17.1 Å². The summed E-state index contributed by atoms with van der Waals surface area (Å²) < 4.78 is 0. The van der Waals surface area contributed by atoms with Crippen molar-refractivity contribution < 1.29 is 17.1 Å². The van der Waals surface area contributed by atoms with Gasteiger partial charge < -0.3 is 5.73 Å². The molecule has 2 heterocycles. The molecule has 0 radical (unpaired) electrons. The number of anilines is 1. The summed E-state index contributed by atoms with van der Waals surface area (Å²) in [7, 11) is 0.